The zero-order valence-corrected chi connectivity index (χ0v) is 10.3. The van der Waals surface area contributed by atoms with Crippen molar-refractivity contribution in [2.24, 2.45) is 0 Å². The fraction of sp³-hybridized carbons (Fsp3) is 0.385. The smallest absolute Gasteiger partial charge is 0.276 e. The first-order valence-electron chi connectivity index (χ1n) is 5.82. The van der Waals surface area contributed by atoms with Gasteiger partial charge in [-0.3, -0.25) is 4.79 Å². The molecule has 0 spiro atoms. The number of methoxy groups -OCH3 is 1. The number of pyridine rings is 1. The third-order valence-electron chi connectivity index (χ3n) is 2.91. The highest BCUT2D eigenvalue weighted by atomic mass is 16.5. The molecule has 0 saturated carbocycles. The lowest BCUT2D eigenvalue weighted by Gasteiger charge is -2.26. The number of ether oxygens (including phenoxy) is 1. The summed E-state index contributed by atoms with van der Waals surface area (Å²) in [7, 11) is 1.66. The Bertz CT molecular complexity index is 471. The highest BCUT2D eigenvalue weighted by Gasteiger charge is 2.21. The van der Waals surface area contributed by atoms with Crippen LogP contribution in [0.25, 0.3) is 0 Å². The fourth-order valence-electron chi connectivity index (χ4n) is 1.92. The number of amides is 1. The van der Waals surface area contributed by atoms with Crippen molar-refractivity contribution >= 4 is 5.91 Å². The van der Waals surface area contributed by atoms with Crippen LogP contribution in [0.1, 0.15) is 16.9 Å². The Balaban J connectivity index is 2.06. The Labute approximate surface area is 106 Å². The van der Waals surface area contributed by atoms with E-state index in [1.54, 1.807) is 18.1 Å². The van der Waals surface area contributed by atoms with Crippen LogP contribution in [0.2, 0.25) is 0 Å². The molecule has 0 saturated heterocycles. The fourth-order valence-corrected chi connectivity index (χ4v) is 1.92. The summed E-state index contributed by atoms with van der Waals surface area (Å²) in [4.78, 5) is 17.7. The molecule has 1 N–H and O–H groups in total. The second-order valence-electron chi connectivity index (χ2n) is 4.17. The quantitative estimate of drug-likeness (QED) is 0.817. The number of nitrogens with zero attached hydrogens (tertiary/aromatic N) is 2. The van der Waals surface area contributed by atoms with Gasteiger partial charge in [-0.2, -0.15) is 0 Å². The molecule has 0 aromatic carbocycles. The second kappa shape index (κ2) is 5.64. The third-order valence-corrected chi connectivity index (χ3v) is 2.91. The van der Waals surface area contributed by atoms with Crippen molar-refractivity contribution in [3.63, 3.8) is 0 Å². The van der Waals surface area contributed by atoms with Crippen molar-refractivity contribution < 1.29 is 14.6 Å². The van der Waals surface area contributed by atoms with Gasteiger partial charge in [0.05, 0.1) is 6.61 Å². The summed E-state index contributed by atoms with van der Waals surface area (Å²) in [5.74, 6) is -0.310. The molecule has 0 aliphatic carbocycles. The van der Waals surface area contributed by atoms with Crippen LogP contribution in [0.15, 0.2) is 30.0 Å². The molecule has 1 aliphatic heterocycles. The van der Waals surface area contributed by atoms with Crippen molar-refractivity contribution in [1.29, 1.82) is 0 Å². The van der Waals surface area contributed by atoms with E-state index in [9.17, 15) is 9.90 Å². The van der Waals surface area contributed by atoms with Gasteiger partial charge in [0, 0.05) is 26.4 Å². The monoisotopic (exact) mass is 248 g/mol. The first-order valence-corrected chi connectivity index (χ1v) is 5.82. The lowest BCUT2D eigenvalue weighted by atomic mass is 10.1. The van der Waals surface area contributed by atoms with Gasteiger partial charge in [0.15, 0.2) is 5.69 Å². The summed E-state index contributed by atoms with van der Waals surface area (Å²) in [6.45, 7) is 1.77. The van der Waals surface area contributed by atoms with Gasteiger partial charge < -0.3 is 14.7 Å². The summed E-state index contributed by atoms with van der Waals surface area (Å²) < 4.78 is 5.06. The molecule has 96 valence electrons. The number of aromatic hydroxyl groups is 1. The van der Waals surface area contributed by atoms with Crippen molar-refractivity contribution in [2.75, 3.05) is 26.8 Å². The van der Waals surface area contributed by atoms with E-state index in [0.717, 1.165) is 6.42 Å². The summed E-state index contributed by atoms with van der Waals surface area (Å²) >= 11 is 0. The summed E-state index contributed by atoms with van der Waals surface area (Å²) in [5, 5.41) is 9.60. The Morgan fingerprint density at radius 2 is 2.44 bits per heavy atom. The molecule has 18 heavy (non-hydrogen) atoms. The summed E-state index contributed by atoms with van der Waals surface area (Å²) in [6.07, 6.45) is 4.29. The van der Waals surface area contributed by atoms with Crippen LogP contribution in [0.4, 0.5) is 0 Å². The van der Waals surface area contributed by atoms with Crippen molar-refractivity contribution in [3.8, 4) is 5.75 Å². The molecule has 2 heterocycles. The normalized spacial score (nSPS) is 15.4. The van der Waals surface area contributed by atoms with E-state index in [-0.39, 0.29) is 17.4 Å². The van der Waals surface area contributed by atoms with Crippen LogP contribution in [0.5, 0.6) is 5.75 Å². The van der Waals surface area contributed by atoms with Crippen molar-refractivity contribution in [3.05, 3.63) is 35.7 Å². The van der Waals surface area contributed by atoms with Gasteiger partial charge in [-0.05, 0) is 24.1 Å². The number of carbonyl (C=O) groups excluding carboxylic acids is 1. The Morgan fingerprint density at radius 3 is 3.06 bits per heavy atom. The molecule has 0 fully saturated rings. The predicted octanol–water partition coefficient (Wildman–Crippen LogP) is 1.21. The van der Waals surface area contributed by atoms with Crippen LogP contribution < -0.4 is 0 Å². The van der Waals surface area contributed by atoms with Gasteiger partial charge in [0.1, 0.15) is 5.75 Å². The Morgan fingerprint density at radius 1 is 1.61 bits per heavy atom. The third kappa shape index (κ3) is 2.68. The zero-order chi connectivity index (χ0) is 13.0. The molecule has 0 radical (unpaired) electrons. The Hall–Kier alpha value is -1.88. The molecule has 2 rings (SSSR count). The minimum atomic E-state index is -0.235. The lowest BCUT2D eigenvalue weighted by Crippen LogP contribution is -2.35. The van der Waals surface area contributed by atoms with E-state index < -0.39 is 0 Å². The Kier molecular flexibility index (Phi) is 3.94. The SMILES string of the molecule is COCC1=CCN(C(=O)c2ncccc2O)CC1. The van der Waals surface area contributed by atoms with Gasteiger partial charge in [0.2, 0.25) is 0 Å². The summed E-state index contributed by atoms with van der Waals surface area (Å²) in [6, 6.07) is 3.06. The molecule has 5 heteroatoms. The standard InChI is InChI=1S/C13H16N2O3/c1-18-9-10-4-7-15(8-5-10)13(17)12-11(16)3-2-6-14-12/h2-4,6,16H,5,7-9H2,1H3. The van der Waals surface area contributed by atoms with E-state index in [4.69, 9.17) is 4.74 Å². The van der Waals surface area contributed by atoms with Crippen molar-refractivity contribution in [1.82, 2.24) is 9.88 Å². The predicted molar refractivity (Wildman–Crippen MR) is 66.4 cm³/mol. The van der Waals surface area contributed by atoms with Crippen LogP contribution in [-0.2, 0) is 4.74 Å². The minimum Gasteiger partial charge on any atom is -0.505 e. The minimum absolute atomic E-state index is 0.0748. The molecule has 1 aliphatic rings. The van der Waals surface area contributed by atoms with Gasteiger partial charge in [-0.25, -0.2) is 4.98 Å². The number of aromatic nitrogens is 1. The largest absolute Gasteiger partial charge is 0.505 e. The maximum Gasteiger partial charge on any atom is 0.276 e. The van der Waals surface area contributed by atoms with E-state index in [2.05, 4.69) is 4.98 Å². The number of carbonyl (C=O) groups is 1. The lowest BCUT2D eigenvalue weighted by molar-refractivity contribution is 0.0755. The molecule has 1 aromatic rings. The number of rotatable bonds is 3. The number of hydrogen-bond acceptors (Lipinski definition) is 4. The van der Waals surface area contributed by atoms with Crippen LogP contribution >= 0.6 is 0 Å². The topological polar surface area (TPSA) is 62.7 Å². The molecule has 0 atom stereocenters. The van der Waals surface area contributed by atoms with Crippen LogP contribution in [-0.4, -0.2) is 47.7 Å². The highest BCUT2D eigenvalue weighted by Crippen LogP contribution is 2.18. The van der Waals surface area contributed by atoms with Crippen LogP contribution in [0.3, 0.4) is 0 Å². The molecule has 5 nitrogen and oxygen atoms in total. The summed E-state index contributed by atoms with van der Waals surface area (Å²) in [5.41, 5.74) is 1.31. The molecule has 0 bridgehead atoms. The van der Waals surface area contributed by atoms with E-state index >= 15 is 0 Å². The van der Waals surface area contributed by atoms with Crippen LogP contribution in [0, 0.1) is 0 Å². The van der Waals surface area contributed by atoms with Crippen molar-refractivity contribution in [2.45, 2.75) is 6.42 Å². The zero-order valence-electron chi connectivity index (χ0n) is 10.3. The molecular formula is C13H16N2O3. The maximum absolute atomic E-state index is 12.1. The highest BCUT2D eigenvalue weighted by molar-refractivity contribution is 5.94. The molecule has 1 aromatic heterocycles. The van der Waals surface area contributed by atoms with E-state index in [0.29, 0.717) is 19.7 Å². The van der Waals surface area contributed by atoms with Gasteiger partial charge in [-0.15, -0.1) is 0 Å². The number of hydrogen-bond donors (Lipinski definition) is 1. The first-order chi connectivity index (χ1) is 8.72. The average molecular weight is 248 g/mol. The van der Waals surface area contributed by atoms with E-state index in [1.807, 2.05) is 6.08 Å². The van der Waals surface area contributed by atoms with Gasteiger partial charge in [0.25, 0.3) is 5.91 Å². The molecular weight excluding hydrogens is 232 g/mol. The average Bonchev–Trinajstić information content (AvgIpc) is 2.40. The van der Waals surface area contributed by atoms with E-state index in [1.165, 1.54) is 17.8 Å². The first kappa shape index (κ1) is 12.6. The van der Waals surface area contributed by atoms with Gasteiger partial charge in [-0.1, -0.05) is 6.08 Å². The molecule has 0 unspecified atom stereocenters. The second-order valence-corrected chi connectivity index (χ2v) is 4.17. The maximum atomic E-state index is 12.1. The molecule has 1 amide bonds. The van der Waals surface area contributed by atoms with Gasteiger partial charge >= 0.3 is 0 Å².